The van der Waals surface area contributed by atoms with Crippen molar-refractivity contribution in [3.8, 4) is 11.5 Å². The van der Waals surface area contributed by atoms with Gasteiger partial charge in [0.2, 0.25) is 5.91 Å². The lowest BCUT2D eigenvalue weighted by Gasteiger charge is -2.09. The molecule has 0 spiro atoms. The third-order valence-electron chi connectivity index (χ3n) is 3.58. The molecule has 4 rings (SSSR count). The number of thiophene rings is 1. The highest BCUT2D eigenvalue weighted by molar-refractivity contribution is 7.16. The molecule has 1 saturated carbocycles. The van der Waals surface area contributed by atoms with Crippen LogP contribution in [0.2, 0.25) is 0 Å². The smallest absolute Gasteiger partial charge is 0.239 e. The zero-order chi connectivity index (χ0) is 15.6. The molecule has 1 aliphatic rings. The summed E-state index contributed by atoms with van der Waals surface area (Å²) in [6, 6.07) is 7.96. The van der Waals surface area contributed by atoms with Crippen LogP contribution in [0.15, 0.2) is 35.8 Å². The van der Waals surface area contributed by atoms with E-state index in [0.717, 1.165) is 23.1 Å². The predicted molar refractivity (Wildman–Crippen MR) is 90.3 cm³/mol. The van der Waals surface area contributed by atoms with Crippen LogP contribution in [-0.2, 0) is 4.79 Å². The predicted octanol–water partition coefficient (Wildman–Crippen LogP) is 2.44. The van der Waals surface area contributed by atoms with E-state index in [9.17, 15) is 4.79 Å². The minimum absolute atomic E-state index is 0.00567. The van der Waals surface area contributed by atoms with Gasteiger partial charge >= 0.3 is 0 Å². The number of hydrogen-bond acceptors (Lipinski definition) is 6. The molecular weight excluding hydrogens is 310 g/mol. The quantitative estimate of drug-likeness (QED) is 0.753. The number of pyridine rings is 1. The lowest BCUT2D eigenvalue weighted by molar-refractivity contribution is -0.119. The molecule has 0 bridgehead atoms. The molecule has 2 N–H and O–H groups in total. The van der Waals surface area contributed by atoms with E-state index < -0.39 is 0 Å². The molecule has 7 heteroatoms. The van der Waals surface area contributed by atoms with Gasteiger partial charge in [-0.25, -0.2) is 9.97 Å². The molecule has 116 valence electrons. The van der Waals surface area contributed by atoms with Crippen molar-refractivity contribution in [2.75, 3.05) is 11.9 Å². The first-order valence-corrected chi connectivity index (χ1v) is 8.37. The number of rotatable bonds is 5. The first-order valence-electron chi connectivity index (χ1n) is 7.49. The number of carbonyl (C=O) groups excluding carboxylic acids is 1. The minimum Gasteiger partial charge on any atom is -0.360 e. The Morgan fingerprint density at radius 2 is 2.17 bits per heavy atom. The highest BCUT2D eigenvalue weighted by atomic mass is 32.1. The second kappa shape index (κ2) is 5.92. The fraction of sp³-hybridized carbons (Fsp3) is 0.250. The van der Waals surface area contributed by atoms with E-state index in [2.05, 4.69) is 25.6 Å². The Morgan fingerprint density at radius 1 is 1.26 bits per heavy atom. The van der Waals surface area contributed by atoms with Crippen molar-refractivity contribution in [3.63, 3.8) is 0 Å². The van der Waals surface area contributed by atoms with Crippen molar-refractivity contribution >= 4 is 33.3 Å². The molecule has 0 radical (unpaired) electrons. The molecule has 0 unspecified atom stereocenters. The number of amides is 1. The summed E-state index contributed by atoms with van der Waals surface area (Å²) in [5, 5.41) is 8.98. The molecule has 0 atom stereocenters. The Morgan fingerprint density at radius 3 is 2.96 bits per heavy atom. The van der Waals surface area contributed by atoms with Gasteiger partial charge in [0.15, 0.2) is 5.82 Å². The van der Waals surface area contributed by atoms with Gasteiger partial charge in [0.25, 0.3) is 0 Å². The lowest BCUT2D eigenvalue weighted by atomic mass is 10.3. The third-order valence-corrected chi connectivity index (χ3v) is 4.38. The van der Waals surface area contributed by atoms with Gasteiger partial charge in [-0.2, -0.15) is 0 Å². The number of carbonyl (C=O) groups is 1. The standard InChI is InChI=1S/C16H15N5OS/c22-13(19-10-4-5-10)9-18-14-11-6-8-23-16(11)21-15(20-14)12-3-1-2-7-17-12/h1-3,6-8,10H,4-5,9H2,(H,19,22)(H,18,20,21). The summed E-state index contributed by atoms with van der Waals surface area (Å²) in [5.41, 5.74) is 0.716. The molecule has 3 aromatic heterocycles. The zero-order valence-corrected chi connectivity index (χ0v) is 13.1. The Balaban J connectivity index is 1.61. The van der Waals surface area contributed by atoms with Crippen LogP contribution in [0.4, 0.5) is 5.82 Å². The largest absolute Gasteiger partial charge is 0.360 e. The average Bonchev–Trinajstić information content (AvgIpc) is 3.26. The Kier molecular flexibility index (Phi) is 3.63. The summed E-state index contributed by atoms with van der Waals surface area (Å²) in [4.78, 5) is 26.2. The van der Waals surface area contributed by atoms with Crippen molar-refractivity contribution in [1.29, 1.82) is 0 Å². The van der Waals surface area contributed by atoms with Crippen LogP contribution in [0.1, 0.15) is 12.8 Å². The van der Waals surface area contributed by atoms with Crippen LogP contribution < -0.4 is 10.6 Å². The van der Waals surface area contributed by atoms with Gasteiger partial charge in [-0.3, -0.25) is 9.78 Å². The molecule has 3 aromatic rings. The van der Waals surface area contributed by atoms with E-state index in [-0.39, 0.29) is 12.5 Å². The number of fused-ring (bicyclic) bond motifs is 1. The van der Waals surface area contributed by atoms with E-state index in [1.54, 1.807) is 17.5 Å². The van der Waals surface area contributed by atoms with Crippen LogP contribution >= 0.6 is 11.3 Å². The van der Waals surface area contributed by atoms with Crippen LogP contribution in [0.5, 0.6) is 0 Å². The number of nitrogens with one attached hydrogen (secondary N) is 2. The normalized spacial score (nSPS) is 13.9. The third kappa shape index (κ3) is 3.14. The Labute approximate surface area is 137 Å². The van der Waals surface area contributed by atoms with Crippen LogP contribution in [0, 0.1) is 0 Å². The van der Waals surface area contributed by atoms with E-state index in [1.165, 1.54) is 0 Å². The molecule has 23 heavy (non-hydrogen) atoms. The van der Waals surface area contributed by atoms with Crippen LogP contribution in [0.25, 0.3) is 21.7 Å². The minimum atomic E-state index is -0.00567. The Bertz CT molecular complexity index is 844. The zero-order valence-electron chi connectivity index (χ0n) is 12.3. The molecule has 6 nitrogen and oxygen atoms in total. The maximum Gasteiger partial charge on any atom is 0.239 e. The second-order valence-corrected chi connectivity index (χ2v) is 6.34. The van der Waals surface area contributed by atoms with Crippen LogP contribution in [-0.4, -0.2) is 33.4 Å². The monoisotopic (exact) mass is 325 g/mol. The van der Waals surface area contributed by atoms with Gasteiger partial charge < -0.3 is 10.6 Å². The molecule has 0 aliphatic heterocycles. The van der Waals surface area contributed by atoms with E-state index in [4.69, 9.17) is 0 Å². The number of anilines is 1. The highest BCUT2D eigenvalue weighted by Crippen LogP contribution is 2.27. The topological polar surface area (TPSA) is 79.8 Å². The number of aromatic nitrogens is 3. The van der Waals surface area contributed by atoms with E-state index in [0.29, 0.717) is 23.4 Å². The fourth-order valence-electron chi connectivity index (χ4n) is 2.27. The van der Waals surface area contributed by atoms with Crippen molar-refractivity contribution in [3.05, 3.63) is 35.8 Å². The number of nitrogens with zero attached hydrogens (tertiary/aromatic N) is 3. The van der Waals surface area contributed by atoms with Gasteiger partial charge in [0.1, 0.15) is 16.3 Å². The van der Waals surface area contributed by atoms with Gasteiger partial charge in [-0.15, -0.1) is 11.3 Å². The molecule has 1 fully saturated rings. The molecule has 0 aromatic carbocycles. The van der Waals surface area contributed by atoms with Crippen molar-refractivity contribution in [2.45, 2.75) is 18.9 Å². The molecular formula is C16H15N5OS. The van der Waals surface area contributed by atoms with Crippen molar-refractivity contribution in [2.24, 2.45) is 0 Å². The van der Waals surface area contributed by atoms with Gasteiger partial charge in [-0.05, 0) is 36.4 Å². The van der Waals surface area contributed by atoms with Gasteiger partial charge in [0, 0.05) is 12.2 Å². The van der Waals surface area contributed by atoms with E-state index >= 15 is 0 Å². The van der Waals surface area contributed by atoms with Crippen LogP contribution in [0.3, 0.4) is 0 Å². The SMILES string of the molecule is O=C(CNc1nc(-c2ccccn2)nc2sccc12)NC1CC1. The maximum absolute atomic E-state index is 11.9. The molecule has 0 saturated heterocycles. The summed E-state index contributed by atoms with van der Waals surface area (Å²) in [5.74, 6) is 1.22. The maximum atomic E-state index is 11.9. The molecule has 1 amide bonds. The lowest BCUT2D eigenvalue weighted by Crippen LogP contribution is -2.31. The van der Waals surface area contributed by atoms with Crippen molar-refractivity contribution < 1.29 is 4.79 Å². The average molecular weight is 325 g/mol. The first-order chi connectivity index (χ1) is 11.3. The summed E-state index contributed by atoms with van der Waals surface area (Å²) in [6.07, 6.45) is 3.88. The first kappa shape index (κ1) is 14.1. The fourth-order valence-corrected chi connectivity index (χ4v) is 3.03. The van der Waals surface area contributed by atoms with Crippen molar-refractivity contribution in [1.82, 2.24) is 20.3 Å². The van der Waals surface area contributed by atoms with E-state index in [1.807, 2.05) is 29.6 Å². The summed E-state index contributed by atoms with van der Waals surface area (Å²) >= 11 is 1.55. The second-order valence-electron chi connectivity index (χ2n) is 5.45. The Hall–Kier alpha value is -2.54. The molecule has 3 heterocycles. The van der Waals surface area contributed by atoms with Gasteiger partial charge in [0.05, 0.1) is 11.9 Å². The number of hydrogen-bond donors (Lipinski definition) is 2. The summed E-state index contributed by atoms with van der Waals surface area (Å²) < 4.78 is 0. The van der Waals surface area contributed by atoms with Gasteiger partial charge in [-0.1, -0.05) is 6.07 Å². The summed E-state index contributed by atoms with van der Waals surface area (Å²) in [6.45, 7) is 0.208. The summed E-state index contributed by atoms with van der Waals surface area (Å²) in [7, 11) is 0. The highest BCUT2D eigenvalue weighted by Gasteiger charge is 2.23. The molecule has 1 aliphatic carbocycles.